The van der Waals surface area contributed by atoms with Gasteiger partial charge in [-0.1, -0.05) is 48.2 Å². The predicted molar refractivity (Wildman–Crippen MR) is 97.2 cm³/mol. The van der Waals surface area contributed by atoms with Gasteiger partial charge in [-0.2, -0.15) is 5.10 Å². The highest BCUT2D eigenvalue weighted by Gasteiger charge is 2.12. The Labute approximate surface area is 147 Å². The third kappa shape index (κ3) is 4.09. The lowest BCUT2D eigenvalue weighted by molar-refractivity contribution is -0.118. The molecule has 0 aliphatic carbocycles. The molecule has 1 N–H and O–H groups in total. The highest BCUT2D eigenvalue weighted by Crippen LogP contribution is 2.22. The largest absolute Gasteiger partial charge is 0.305 e. The lowest BCUT2D eigenvalue weighted by atomic mass is 10.2. The molecule has 2 heterocycles. The Morgan fingerprint density at radius 2 is 2.12 bits per heavy atom. The number of nitrogens with one attached hydrogen (secondary N) is 1. The summed E-state index contributed by atoms with van der Waals surface area (Å²) in [5.41, 5.74) is 3.50. The Hall–Kier alpha value is -2.45. The Kier molecular flexibility index (Phi) is 5.39. The third-order valence-corrected chi connectivity index (χ3v) is 4.95. The number of amides is 1. The molecule has 0 unspecified atom stereocenters. The van der Waals surface area contributed by atoms with Gasteiger partial charge < -0.3 is 4.57 Å². The highest BCUT2D eigenvalue weighted by atomic mass is 32.2. The van der Waals surface area contributed by atoms with Gasteiger partial charge in [-0.15, -0.1) is 21.5 Å². The van der Waals surface area contributed by atoms with Crippen LogP contribution in [0.2, 0.25) is 0 Å². The van der Waals surface area contributed by atoms with E-state index in [0.29, 0.717) is 5.16 Å². The van der Waals surface area contributed by atoms with E-state index in [2.05, 4.69) is 20.7 Å². The van der Waals surface area contributed by atoms with Crippen molar-refractivity contribution in [2.24, 2.45) is 12.1 Å². The molecule has 1 aromatic carbocycles. The Morgan fingerprint density at radius 3 is 2.88 bits per heavy atom. The zero-order chi connectivity index (χ0) is 16.8. The maximum absolute atomic E-state index is 11.8. The maximum Gasteiger partial charge on any atom is 0.250 e. The molecule has 0 atom stereocenters. The van der Waals surface area contributed by atoms with Crippen molar-refractivity contribution >= 4 is 35.2 Å². The van der Waals surface area contributed by atoms with Gasteiger partial charge in [0.05, 0.1) is 12.0 Å². The molecular weight excluding hydrogens is 342 g/mol. The summed E-state index contributed by atoms with van der Waals surface area (Å²) < 4.78 is 1.88. The average Bonchev–Trinajstić information content (AvgIpc) is 3.24. The summed E-state index contributed by atoms with van der Waals surface area (Å²) in [6.07, 6.45) is 1.63. The fourth-order valence-electron chi connectivity index (χ4n) is 1.97. The Bertz CT molecular complexity index is 828. The molecule has 1 amide bonds. The SMILES string of the molecule is Cn1c(SCC(=O)N/N=C/c2cccs2)nnc1-c1ccccc1. The van der Waals surface area contributed by atoms with Crippen molar-refractivity contribution in [2.45, 2.75) is 5.16 Å². The van der Waals surface area contributed by atoms with Crippen molar-refractivity contribution in [2.75, 3.05) is 5.75 Å². The second-order valence-corrected chi connectivity index (χ2v) is 6.75. The number of benzene rings is 1. The zero-order valence-electron chi connectivity index (χ0n) is 12.9. The number of rotatable bonds is 6. The minimum atomic E-state index is -0.183. The molecule has 0 saturated carbocycles. The molecule has 3 aromatic rings. The van der Waals surface area contributed by atoms with E-state index in [0.717, 1.165) is 16.3 Å². The van der Waals surface area contributed by atoms with E-state index in [1.54, 1.807) is 17.6 Å². The lowest BCUT2D eigenvalue weighted by Gasteiger charge is -2.03. The van der Waals surface area contributed by atoms with Crippen LogP contribution in [0.5, 0.6) is 0 Å². The van der Waals surface area contributed by atoms with Gasteiger partial charge in [0.25, 0.3) is 5.91 Å². The summed E-state index contributed by atoms with van der Waals surface area (Å²) in [6.45, 7) is 0. The van der Waals surface area contributed by atoms with E-state index in [1.165, 1.54) is 11.8 Å². The van der Waals surface area contributed by atoms with E-state index in [-0.39, 0.29) is 11.7 Å². The molecule has 24 heavy (non-hydrogen) atoms. The van der Waals surface area contributed by atoms with Crippen LogP contribution in [-0.2, 0) is 11.8 Å². The van der Waals surface area contributed by atoms with Crippen LogP contribution >= 0.6 is 23.1 Å². The van der Waals surface area contributed by atoms with Crippen LogP contribution in [0.3, 0.4) is 0 Å². The maximum atomic E-state index is 11.8. The molecule has 122 valence electrons. The highest BCUT2D eigenvalue weighted by molar-refractivity contribution is 7.99. The standard InChI is InChI=1S/C16H15N5OS2/c1-21-15(12-6-3-2-4-7-12)19-20-16(21)24-11-14(22)18-17-10-13-8-5-9-23-13/h2-10H,11H2,1H3,(H,18,22)/b17-10+. The monoisotopic (exact) mass is 357 g/mol. The average molecular weight is 357 g/mol. The van der Waals surface area contributed by atoms with Gasteiger partial charge in [0.1, 0.15) is 0 Å². The minimum absolute atomic E-state index is 0.183. The normalized spacial score (nSPS) is 11.0. The zero-order valence-corrected chi connectivity index (χ0v) is 14.5. The molecule has 0 radical (unpaired) electrons. The van der Waals surface area contributed by atoms with Gasteiger partial charge >= 0.3 is 0 Å². The Morgan fingerprint density at radius 1 is 1.29 bits per heavy atom. The van der Waals surface area contributed by atoms with Gasteiger partial charge in [-0.05, 0) is 11.4 Å². The number of carbonyl (C=O) groups is 1. The third-order valence-electron chi connectivity index (χ3n) is 3.12. The molecule has 0 aliphatic rings. The molecule has 2 aromatic heterocycles. The lowest BCUT2D eigenvalue weighted by Crippen LogP contribution is -2.19. The quantitative estimate of drug-likeness (QED) is 0.418. The summed E-state index contributed by atoms with van der Waals surface area (Å²) in [6, 6.07) is 13.7. The molecule has 0 fully saturated rings. The first kappa shape index (κ1) is 16.4. The predicted octanol–water partition coefficient (Wildman–Crippen LogP) is 2.79. The number of hydrogen-bond acceptors (Lipinski definition) is 6. The molecule has 0 aliphatic heterocycles. The van der Waals surface area contributed by atoms with Crippen LogP contribution in [0.4, 0.5) is 0 Å². The number of hydrazone groups is 1. The molecule has 3 rings (SSSR count). The van der Waals surface area contributed by atoms with Crippen molar-refractivity contribution in [3.8, 4) is 11.4 Å². The second-order valence-electron chi connectivity index (χ2n) is 4.83. The summed E-state index contributed by atoms with van der Waals surface area (Å²) in [5.74, 6) is 0.814. The molecule has 0 saturated heterocycles. The van der Waals surface area contributed by atoms with Crippen LogP contribution in [0, 0.1) is 0 Å². The van der Waals surface area contributed by atoms with Gasteiger partial charge in [-0.3, -0.25) is 4.79 Å². The van der Waals surface area contributed by atoms with E-state index in [1.807, 2.05) is 59.5 Å². The van der Waals surface area contributed by atoms with Crippen LogP contribution in [-0.4, -0.2) is 32.6 Å². The van der Waals surface area contributed by atoms with Crippen LogP contribution < -0.4 is 5.43 Å². The fourth-order valence-corrected chi connectivity index (χ4v) is 3.26. The van der Waals surface area contributed by atoms with Crippen LogP contribution in [0.25, 0.3) is 11.4 Å². The van der Waals surface area contributed by atoms with E-state index in [4.69, 9.17) is 0 Å². The van der Waals surface area contributed by atoms with E-state index < -0.39 is 0 Å². The molecule has 0 bridgehead atoms. The smallest absolute Gasteiger partial charge is 0.250 e. The second kappa shape index (κ2) is 7.89. The number of hydrogen-bond donors (Lipinski definition) is 1. The summed E-state index contributed by atoms with van der Waals surface area (Å²) >= 11 is 2.88. The molecule has 0 spiro atoms. The molecule has 8 heteroatoms. The first-order valence-corrected chi connectivity index (χ1v) is 9.03. The minimum Gasteiger partial charge on any atom is -0.305 e. The van der Waals surface area contributed by atoms with E-state index in [9.17, 15) is 4.79 Å². The van der Waals surface area contributed by atoms with Crippen molar-refractivity contribution < 1.29 is 4.79 Å². The summed E-state index contributed by atoms with van der Waals surface area (Å²) in [4.78, 5) is 12.8. The summed E-state index contributed by atoms with van der Waals surface area (Å²) in [5, 5.41) is 14.9. The van der Waals surface area contributed by atoms with Crippen LogP contribution in [0.15, 0.2) is 58.1 Å². The molecule has 6 nitrogen and oxygen atoms in total. The summed E-state index contributed by atoms with van der Waals surface area (Å²) in [7, 11) is 1.89. The van der Waals surface area contributed by atoms with Crippen molar-refractivity contribution in [1.29, 1.82) is 0 Å². The number of thioether (sulfide) groups is 1. The first-order valence-electron chi connectivity index (χ1n) is 7.17. The van der Waals surface area contributed by atoms with Gasteiger partial charge in [0, 0.05) is 17.5 Å². The van der Waals surface area contributed by atoms with Crippen molar-refractivity contribution in [1.82, 2.24) is 20.2 Å². The number of carbonyl (C=O) groups excluding carboxylic acids is 1. The van der Waals surface area contributed by atoms with E-state index >= 15 is 0 Å². The molecular formula is C16H15N5OS2. The topological polar surface area (TPSA) is 72.2 Å². The van der Waals surface area contributed by atoms with Gasteiger partial charge in [0.2, 0.25) is 0 Å². The number of aromatic nitrogens is 3. The number of thiophene rings is 1. The van der Waals surface area contributed by atoms with Crippen molar-refractivity contribution in [3.63, 3.8) is 0 Å². The van der Waals surface area contributed by atoms with Gasteiger partial charge in [0.15, 0.2) is 11.0 Å². The van der Waals surface area contributed by atoms with Crippen molar-refractivity contribution in [3.05, 3.63) is 52.7 Å². The van der Waals surface area contributed by atoms with Gasteiger partial charge in [-0.25, -0.2) is 5.43 Å². The Balaban J connectivity index is 1.55. The fraction of sp³-hybridized carbons (Fsp3) is 0.125. The first-order chi connectivity index (χ1) is 11.7. The van der Waals surface area contributed by atoms with Crippen LogP contribution in [0.1, 0.15) is 4.88 Å². The number of nitrogens with zero attached hydrogens (tertiary/aromatic N) is 4.